The number of aliphatic hydroxyl groups is 1. The van der Waals surface area contributed by atoms with Gasteiger partial charge >= 0.3 is 0 Å². The van der Waals surface area contributed by atoms with Crippen LogP contribution in [-0.4, -0.2) is 25.4 Å². The van der Waals surface area contributed by atoms with E-state index < -0.39 is 6.10 Å². The Kier molecular flexibility index (Phi) is 5.65. The topological polar surface area (TPSA) is 38.7 Å². The third kappa shape index (κ3) is 4.41. The van der Waals surface area contributed by atoms with Gasteiger partial charge in [-0.15, -0.1) is 0 Å². The molecule has 0 spiro atoms. The molecule has 0 radical (unpaired) electrons. The van der Waals surface area contributed by atoms with Gasteiger partial charge in [-0.3, -0.25) is 0 Å². The van der Waals surface area contributed by atoms with Gasteiger partial charge in [0.25, 0.3) is 0 Å². The van der Waals surface area contributed by atoms with Crippen LogP contribution in [0.25, 0.3) is 6.08 Å². The number of aliphatic hydroxyl groups excluding tert-OH is 1. The minimum atomic E-state index is -0.826. The maximum absolute atomic E-state index is 9.88. The maximum atomic E-state index is 9.88. The molecule has 2 rings (SSSR count). The zero-order chi connectivity index (χ0) is 15.8. The highest BCUT2D eigenvalue weighted by atomic mass is 16.5. The summed E-state index contributed by atoms with van der Waals surface area (Å²) >= 11 is 0. The Morgan fingerprint density at radius 3 is 2.41 bits per heavy atom. The fourth-order valence-corrected chi connectivity index (χ4v) is 1.89. The Hall–Kier alpha value is -2.70. The molecule has 112 valence electrons. The summed E-state index contributed by atoms with van der Waals surface area (Å²) in [7, 11) is 3.16. The van der Waals surface area contributed by atoms with Gasteiger partial charge in [-0.25, -0.2) is 0 Å². The van der Waals surface area contributed by atoms with Crippen LogP contribution in [0.15, 0.2) is 54.6 Å². The molecule has 3 heteroatoms. The number of ether oxygens (including phenoxy) is 2. The highest BCUT2D eigenvalue weighted by Crippen LogP contribution is 2.27. The zero-order valence-electron chi connectivity index (χ0n) is 12.6. The molecule has 2 aromatic carbocycles. The standard InChI is InChI=1S/C19H18O3/c1-21-18-13-10-16(14-19(18)22-2)9-12-17(20)11-8-15-6-4-3-5-7-15/h3-8,10-11,13-14,17,20H,1-2H3/b11-8+. The summed E-state index contributed by atoms with van der Waals surface area (Å²) in [6.07, 6.45) is 2.67. The first-order valence-corrected chi connectivity index (χ1v) is 6.88. The lowest BCUT2D eigenvalue weighted by atomic mass is 10.1. The summed E-state index contributed by atoms with van der Waals surface area (Å²) in [5.41, 5.74) is 1.78. The summed E-state index contributed by atoms with van der Waals surface area (Å²) in [4.78, 5) is 0. The minimum absolute atomic E-state index is 0.614. The number of rotatable bonds is 4. The molecule has 1 unspecified atom stereocenters. The van der Waals surface area contributed by atoms with Crippen LogP contribution in [0.2, 0.25) is 0 Å². The van der Waals surface area contributed by atoms with E-state index in [2.05, 4.69) is 11.8 Å². The smallest absolute Gasteiger partial charge is 0.161 e. The molecule has 0 bridgehead atoms. The molecule has 0 fully saturated rings. The lowest BCUT2D eigenvalue weighted by molar-refractivity contribution is 0.281. The quantitative estimate of drug-likeness (QED) is 0.881. The predicted octanol–water partition coefficient (Wildman–Crippen LogP) is 3.13. The molecule has 0 aromatic heterocycles. The molecule has 2 aromatic rings. The van der Waals surface area contributed by atoms with Crippen molar-refractivity contribution in [3.8, 4) is 23.3 Å². The fourth-order valence-electron chi connectivity index (χ4n) is 1.89. The van der Waals surface area contributed by atoms with E-state index >= 15 is 0 Å². The molecule has 1 atom stereocenters. The second-order valence-electron chi connectivity index (χ2n) is 4.55. The lowest BCUT2D eigenvalue weighted by Gasteiger charge is -2.06. The SMILES string of the molecule is COc1ccc(C#CC(O)/C=C/c2ccccc2)cc1OC. The highest BCUT2D eigenvalue weighted by molar-refractivity contribution is 5.51. The number of hydrogen-bond acceptors (Lipinski definition) is 3. The van der Waals surface area contributed by atoms with E-state index in [1.165, 1.54) is 0 Å². The van der Waals surface area contributed by atoms with Crippen molar-refractivity contribution in [2.75, 3.05) is 14.2 Å². The van der Waals surface area contributed by atoms with Crippen molar-refractivity contribution in [2.24, 2.45) is 0 Å². The third-order valence-corrected chi connectivity index (χ3v) is 3.02. The lowest BCUT2D eigenvalue weighted by Crippen LogP contribution is -1.97. The molecule has 0 amide bonds. The first-order chi connectivity index (χ1) is 10.7. The molecule has 22 heavy (non-hydrogen) atoms. The monoisotopic (exact) mass is 294 g/mol. The fraction of sp³-hybridized carbons (Fsp3) is 0.158. The molecule has 0 heterocycles. The molecule has 3 nitrogen and oxygen atoms in total. The Balaban J connectivity index is 2.08. The van der Waals surface area contributed by atoms with Crippen LogP contribution >= 0.6 is 0 Å². The van der Waals surface area contributed by atoms with Crippen LogP contribution in [0, 0.1) is 11.8 Å². The van der Waals surface area contributed by atoms with E-state index in [-0.39, 0.29) is 0 Å². The Morgan fingerprint density at radius 1 is 1.00 bits per heavy atom. The van der Waals surface area contributed by atoms with E-state index in [1.54, 1.807) is 32.4 Å². The van der Waals surface area contributed by atoms with Crippen LogP contribution in [-0.2, 0) is 0 Å². The summed E-state index contributed by atoms with van der Waals surface area (Å²) in [5.74, 6) is 6.97. The predicted molar refractivity (Wildman–Crippen MR) is 87.9 cm³/mol. The minimum Gasteiger partial charge on any atom is -0.493 e. The van der Waals surface area contributed by atoms with Gasteiger partial charge in [0.05, 0.1) is 14.2 Å². The van der Waals surface area contributed by atoms with Gasteiger partial charge < -0.3 is 14.6 Å². The van der Waals surface area contributed by atoms with Crippen molar-refractivity contribution < 1.29 is 14.6 Å². The van der Waals surface area contributed by atoms with Crippen LogP contribution in [0.3, 0.4) is 0 Å². The van der Waals surface area contributed by atoms with Crippen LogP contribution in [0.4, 0.5) is 0 Å². The van der Waals surface area contributed by atoms with Crippen molar-refractivity contribution in [1.29, 1.82) is 0 Å². The maximum Gasteiger partial charge on any atom is 0.161 e. The number of benzene rings is 2. The first-order valence-electron chi connectivity index (χ1n) is 6.88. The first kappa shape index (κ1) is 15.7. The molecular weight excluding hydrogens is 276 g/mol. The Morgan fingerprint density at radius 2 is 1.73 bits per heavy atom. The van der Waals surface area contributed by atoms with E-state index in [0.29, 0.717) is 11.5 Å². The van der Waals surface area contributed by atoms with Crippen molar-refractivity contribution in [2.45, 2.75) is 6.10 Å². The summed E-state index contributed by atoms with van der Waals surface area (Å²) in [6, 6.07) is 15.2. The van der Waals surface area contributed by atoms with Gasteiger partial charge in [0.1, 0.15) is 6.10 Å². The van der Waals surface area contributed by atoms with E-state index in [9.17, 15) is 5.11 Å². The van der Waals surface area contributed by atoms with E-state index in [0.717, 1.165) is 11.1 Å². The third-order valence-electron chi connectivity index (χ3n) is 3.02. The second kappa shape index (κ2) is 7.92. The Bertz CT molecular complexity index is 694. The van der Waals surface area contributed by atoms with Crippen molar-refractivity contribution >= 4 is 6.08 Å². The van der Waals surface area contributed by atoms with Gasteiger partial charge in [-0.05, 0) is 29.8 Å². The number of methoxy groups -OCH3 is 2. The van der Waals surface area contributed by atoms with Gasteiger partial charge in [0.2, 0.25) is 0 Å². The summed E-state index contributed by atoms with van der Waals surface area (Å²) < 4.78 is 10.4. The van der Waals surface area contributed by atoms with E-state index in [1.807, 2.05) is 42.5 Å². The average molecular weight is 294 g/mol. The number of hydrogen-bond donors (Lipinski definition) is 1. The van der Waals surface area contributed by atoms with Crippen LogP contribution < -0.4 is 9.47 Å². The summed E-state index contributed by atoms with van der Waals surface area (Å²) in [6.45, 7) is 0. The van der Waals surface area contributed by atoms with Crippen molar-refractivity contribution in [3.63, 3.8) is 0 Å². The van der Waals surface area contributed by atoms with E-state index in [4.69, 9.17) is 9.47 Å². The van der Waals surface area contributed by atoms with Crippen molar-refractivity contribution in [1.82, 2.24) is 0 Å². The normalized spacial score (nSPS) is 11.6. The van der Waals surface area contributed by atoms with Crippen LogP contribution in [0.5, 0.6) is 11.5 Å². The molecular formula is C19H18O3. The van der Waals surface area contributed by atoms with Gasteiger partial charge in [-0.1, -0.05) is 48.2 Å². The molecule has 1 N–H and O–H groups in total. The molecule has 0 saturated heterocycles. The highest BCUT2D eigenvalue weighted by Gasteiger charge is 2.02. The van der Waals surface area contributed by atoms with Gasteiger partial charge in [0, 0.05) is 5.56 Å². The molecule has 0 aliphatic rings. The molecule has 0 saturated carbocycles. The zero-order valence-corrected chi connectivity index (χ0v) is 12.6. The second-order valence-corrected chi connectivity index (χ2v) is 4.55. The Labute approximate surface area is 130 Å². The molecule has 0 aliphatic carbocycles. The van der Waals surface area contributed by atoms with Gasteiger partial charge in [-0.2, -0.15) is 0 Å². The van der Waals surface area contributed by atoms with Crippen LogP contribution in [0.1, 0.15) is 11.1 Å². The molecule has 0 aliphatic heterocycles. The summed E-state index contributed by atoms with van der Waals surface area (Å²) in [5, 5.41) is 9.88. The largest absolute Gasteiger partial charge is 0.493 e. The van der Waals surface area contributed by atoms with Crippen molar-refractivity contribution in [3.05, 3.63) is 65.7 Å². The van der Waals surface area contributed by atoms with Gasteiger partial charge in [0.15, 0.2) is 11.5 Å². The average Bonchev–Trinajstić information content (AvgIpc) is 2.58.